The van der Waals surface area contributed by atoms with Gasteiger partial charge in [-0.2, -0.15) is 10.1 Å². The van der Waals surface area contributed by atoms with Crippen LogP contribution in [0.4, 0.5) is 0 Å². The van der Waals surface area contributed by atoms with Gasteiger partial charge in [0.05, 0.1) is 36.3 Å². The van der Waals surface area contributed by atoms with E-state index in [1.807, 2.05) is 32.0 Å². The van der Waals surface area contributed by atoms with Crippen LogP contribution in [0, 0.1) is 11.3 Å². The van der Waals surface area contributed by atoms with Crippen LogP contribution >= 0.6 is 0 Å². The molecule has 4 aromatic rings. The van der Waals surface area contributed by atoms with E-state index in [9.17, 15) is 10.1 Å². The van der Waals surface area contributed by atoms with Crippen molar-refractivity contribution in [1.82, 2.24) is 30.4 Å². The maximum Gasteiger partial charge on any atom is 0.336 e. The molecule has 9 heteroatoms. The molecule has 1 N–H and O–H groups in total. The number of piperidine rings is 1. The van der Waals surface area contributed by atoms with Crippen molar-refractivity contribution >= 4 is 5.97 Å². The van der Waals surface area contributed by atoms with Crippen LogP contribution in [0.15, 0.2) is 96.2 Å². The molecule has 2 aliphatic heterocycles. The van der Waals surface area contributed by atoms with Crippen molar-refractivity contribution in [3.63, 3.8) is 0 Å². The van der Waals surface area contributed by atoms with Gasteiger partial charge >= 0.3 is 5.97 Å². The minimum Gasteiger partial charge on any atom is -0.462 e. The fourth-order valence-electron chi connectivity index (χ4n) is 7.34. The molecule has 3 aromatic carbocycles. The molecule has 0 saturated carbocycles. The molecule has 0 amide bonds. The number of hydrogen-bond donors (Lipinski definition) is 1. The van der Waals surface area contributed by atoms with Gasteiger partial charge in [-0.1, -0.05) is 78.9 Å². The number of aryl methyl sites for hydroxylation is 1. The average molecular weight is 616 g/mol. The van der Waals surface area contributed by atoms with Crippen LogP contribution in [0.1, 0.15) is 67.1 Å². The molecular formula is C37H41N7O2. The predicted molar refractivity (Wildman–Crippen MR) is 176 cm³/mol. The molecule has 6 rings (SSSR count). The third-order valence-corrected chi connectivity index (χ3v) is 9.90. The fraction of sp³-hybridized carbons (Fsp3) is 0.378. The lowest BCUT2D eigenvalue weighted by atomic mass is 9.66. The highest BCUT2D eigenvalue weighted by Crippen LogP contribution is 2.47. The Balaban J connectivity index is 1.14. The molecular weight excluding hydrogens is 574 g/mol. The van der Waals surface area contributed by atoms with E-state index in [0.717, 1.165) is 50.2 Å². The molecule has 236 valence electrons. The van der Waals surface area contributed by atoms with Crippen LogP contribution in [0.25, 0.3) is 0 Å². The first-order valence-electron chi connectivity index (χ1n) is 16.0. The van der Waals surface area contributed by atoms with E-state index < -0.39 is 11.3 Å². The number of aromatic nitrogens is 4. The van der Waals surface area contributed by atoms with E-state index in [-0.39, 0.29) is 11.4 Å². The quantitative estimate of drug-likeness (QED) is 0.207. The molecule has 0 spiro atoms. The van der Waals surface area contributed by atoms with Gasteiger partial charge in [-0.15, -0.1) is 10.2 Å². The number of nitriles is 1. The summed E-state index contributed by atoms with van der Waals surface area (Å²) in [5.74, 6) is -0.374. The number of nitrogens with zero attached hydrogens (tertiary/aromatic N) is 6. The molecule has 46 heavy (non-hydrogen) atoms. The molecule has 2 aliphatic rings. The maximum absolute atomic E-state index is 13.9. The van der Waals surface area contributed by atoms with Gasteiger partial charge in [0.2, 0.25) is 0 Å². The molecule has 3 heterocycles. The zero-order chi connectivity index (χ0) is 32.1. The number of likely N-dealkylation sites (tertiary alicyclic amines) is 1. The lowest BCUT2D eigenvalue weighted by Gasteiger charge is -2.43. The lowest BCUT2D eigenvalue weighted by Crippen LogP contribution is -2.48. The fourth-order valence-corrected chi connectivity index (χ4v) is 7.34. The van der Waals surface area contributed by atoms with Gasteiger partial charge < -0.3 is 15.0 Å². The van der Waals surface area contributed by atoms with Gasteiger partial charge in [0.1, 0.15) is 0 Å². The van der Waals surface area contributed by atoms with Crippen molar-refractivity contribution in [2.75, 3.05) is 32.8 Å². The van der Waals surface area contributed by atoms with Crippen LogP contribution in [-0.2, 0) is 27.4 Å². The van der Waals surface area contributed by atoms with E-state index in [4.69, 9.17) is 4.74 Å². The number of carbonyl (C=O) groups is 1. The van der Waals surface area contributed by atoms with E-state index in [0.29, 0.717) is 30.1 Å². The average Bonchev–Trinajstić information content (AvgIpc) is 3.55. The van der Waals surface area contributed by atoms with Gasteiger partial charge in [-0.25, -0.2) is 4.79 Å². The molecule has 0 aliphatic carbocycles. The zero-order valence-electron chi connectivity index (χ0n) is 26.8. The van der Waals surface area contributed by atoms with E-state index >= 15 is 0 Å². The second-order valence-electron chi connectivity index (χ2n) is 12.7. The Labute approximate surface area is 270 Å². The Morgan fingerprint density at radius 2 is 1.63 bits per heavy atom. The highest BCUT2D eigenvalue weighted by molar-refractivity contribution is 5.92. The van der Waals surface area contributed by atoms with Crippen molar-refractivity contribution in [3.8, 4) is 6.07 Å². The summed E-state index contributed by atoms with van der Waals surface area (Å²) in [7, 11) is 1.72. The van der Waals surface area contributed by atoms with Crippen LogP contribution in [0.5, 0.6) is 0 Å². The molecule has 9 nitrogen and oxygen atoms in total. The Hall–Kier alpha value is -4.81. The molecule has 0 bridgehead atoms. The number of rotatable bonds is 9. The van der Waals surface area contributed by atoms with Crippen LogP contribution < -0.4 is 5.32 Å². The van der Waals surface area contributed by atoms with E-state index in [2.05, 4.69) is 92.4 Å². The Morgan fingerprint density at radius 1 is 1.00 bits per heavy atom. The van der Waals surface area contributed by atoms with Gasteiger partial charge in [0, 0.05) is 30.1 Å². The first kappa shape index (κ1) is 31.2. The van der Waals surface area contributed by atoms with Crippen molar-refractivity contribution in [2.45, 2.75) is 49.9 Å². The molecule has 1 saturated heterocycles. The van der Waals surface area contributed by atoms with Crippen molar-refractivity contribution in [3.05, 3.63) is 124 Å². The SMILES string of the molecule is CC1=C(C(=O)OCCCN2CCC(c3ccccc3)(c3ccccc3)CC2)C(c2ccccc2C#N)C(C)(c2nnn(C)n2)CN1. The summed E-state index contributed by atoms with van der Waals surface area (Å²) in [6, 6.07) is 31.5. The summed E-state index contributed by atoms with van der Waals surface area (Å²) in [6.07, 6.45) is 2.80. The minimum absolute atomic E-state index is 0.00282. The summed E-state index contributed by atoms with van der Waals surface area (Å²) >= 11 is 0. The zero-order valence-corrected chi connectivity index (χ0v) is 26.8. The number of carbonyl (C=O) groups excluding carboxylic acids is 1. The normalized spacial score (nSPS) is 21.3. The summed E-state index contributed by atoms with van der Waals surface area (Å²) in [6.45, 7) is 7.49. The summed E-state index contributed by atoms with van der Waals surface area (Å²) in [4.78, 5) is 17.8. The maximum atomic E-state index is 13.9. The Morgan fingerprint density at radius 3 is 2.24 bits per heavy atom. The van der Waals surface area contributed by atoms with Crippen LogP contribution in [-0.4, -0.2) is 63.9 Å². The monoisotopic (exact) mass is 615 g/mol. The lowest BCUT2D eigenvalue weighted by molar-refractivity contribution is -0.140. The van der Waals surface area contributed by atoms with Gasteiger partial charge in [0.25, 0.3) is 0 Å². The predicted octanol–water partition coefficient (Wildman–Crippen LogP) is 5.02. The van der Waals surface area contributed by atoms with Gasteiger partial charge in [0.15, 0.2) is 5.82 Å². The smallest absolute Gasteiger partial charge is 0.336 e. The highest BCUT2D eigenvalue weighted by Gasteiger charge is 2.49. The van der Waals surface area contributed by atoms with Crippen molar-refractivity contribution in [2.24, 2.45) is 7.05 Å². The van der Waals surface area contributed by atoms with Crippen LogP contribution in [0.3, 0.4) is 0 Å². The number of benzene rings is 3. The third-order valence-electron chi connectivity index (χ3n) is 9.90. The highest BCUT2D eigenvalue weighted by atomic mass is 16.5. The number of esters is 1. The summed E-state index contributed by atoms with van der Waals surface area (Å²) in [5, 5.41) is 26.3. The summed E-state index contributed by atoms with van der Waals surface area (Å²) in [5.41, 5.74) is 4.49. The third kappa shape index (κ3) is 5.93. The first-order valence-corrected chi connectivity index (χ1v) is 16.0. The molecule has 1 aromatic heterocycles. The molecule has 2 unspecified atom stereocenters. The Bertz CT molecular complexity index is 1690. The molecule has 0 radical (unpaired) electrons. The number of hydrogen-bond acceptors (Lipinski definition) is 8. The number of allylic oxidation sites excluding steroid dienone is 1. The van der Waals surface area contributed by atoms with E-state index in [1.54, 1.807) is 13.1 Å². The largest absolute Gasteiger partial charge is 0.462 e. The number of nitrogens with one attached hydrogen (secondary N) is 1. The molecule has 2 atom stereocenters. The first-order chi connectivity index (χ1) is 22.4. The Kier molecular flexibility index (Phi) is 9.00. The minimum atomic E-state index is -0.743. The van der Waals surface area contributed by atoms with Gasteiger partial charge in [-0.3, -0.25) is 0 Å². The standard InChI is InChI=1S/C37H41N7O2/c1-27-32(33(31-18-11-10-13-28(31)25-38)36(2,26-39-27)35-40-42-43(3)41-35)34(45)46-24-12-21-44-22-19-37(20-23-44,29-14-6-4-7-15-29)30-16-8-5-9-17-30/h4-11,13-18,33,39H,12,19-24,26H2,1-3H3. The summed E-state index contributed by atoms with van der Waals surface area (Å²) < 4.78 is 5.97. The van der Waals surface area contributed by atoms with Gasteiger partial charge in [-0.05, 0) is 74.2 Å². The van der Waals surface area contributed by atoms with Crippen LogP contribution in [0.2, 0.25) is 0 Å². The second kappa shape index (κ2) is 13.3. The van der Waals surface area contributed by atoms with Crippen molar-refractivity contribution in [1.29, 1.82) is 5.26 Å². The van der Waals surface area contributed by atoms with E-state index in [1.165, 1.54) is 15.9 Å². The van der Waals surface area contributed by atoms with Crippen molar-refractivity contribution < 1.29 is 9.53 Å². The topological polar surface area (TPSA) is 109 Å². The number of ether oxygens (including phenoxy) is 1. The molecule has 1 fully saturated rings. The number of tetrazole rings is 1. The second-order valence-corrected chi connectivity index (χ2v) is 12.7.